The quantitative estimate of drug-likeness (QED) is 0.706. The monoisotopic (exact) mass is 205 g/mol. The van der Waals surface area contributed by atoms with Crippen LogP contribution in [0.1, 0.15) is 24.5 Å². The van der Waals surface area contributed by atoms with Gasteiger partial charge in [0.05, 0.1) is 18.1 Å². The summed E-state index contributed by atoms with van der Waals surface area (Å²) in [4.78, 5) is 0. The molecule has 2 atom stereocenters. The van der Waals surface area contributed by atoms with E-state index in [4.69, 9.17) is 10.00 Å². The van der Waals surface area contributed by atoms with Crippen molar-refractivity contribution in [3.8, 4) is 6.07 Å². The van der Waals surface area contributed by atoms with Gasteiger partial charge in [-0.3, -0.25) is 0 Å². The van der Waals surface area contributed by atoms with Gasteiger partial charge in [-0.15, -0.1) is 0 Å². The molecular weight excluding hydrogens is 193 g/mol. The molecular formula is C12H12FNO. The van der Waals surface area contributed by atoms with Gasteiger partial charge in [-0.2, -0.15) is 5.26 Å². The molecule has 1 fully saturated rings. The number of halogens is 1. The molecule has 1 aromatic rings. The smallest absolute Gasteiger partial charge is 0.123 e. The van der Waals surface area contributed by atoms with Crippen LogP contribution in [-0.4, -0.2) is 6.61 Å². The molecule has 0 saturated carbocycles. The van der Waals surface area contributed by atoms with Crippen molar-refractivity contribution in [2.75, 3.05) is 6.61 Å². The van der Waals surface area contributed by atoms with Crippen LogP contribution >= 0.6 is 0 Å². The molecule has 1 aromatic carbocycles. The number of nitriles is 1. The van der Waals surface area contributed by atoms with Crippen molar-refractivity contribution in [2.24, 2.45) is 5.92 Å². The van der Waals surface area contributed by atoms with Gasteiger partial charge in [-0.05, 0) is 30.5 Å². The maximum absolute atomic E-state index is 13.0. The SMILES string of the molecule is N#CC1CCCOC1c1cccc(F)c1. The summed E-state index contributed by atoms with van der Waals surface area (Å²) in [5, 5.41) is 8.97. The number of hydrogen-bond acceptors (Lipinski definition) is 2. The fourth-order valence-corrected chi connectivity index (χ4v) is 1.93. The Balaban J connectivity index is 2.25. The zero-order chi connectivity index (χ0) is 10.7. The first kappa shape index (κ1) is 10.1. The minimum Gasteiger partial charge on any atom is -0.372 e. The fraction of sp³-hybridized carbons (Fsp3) is 0.417. The molecule has 0 aromatic heterocycles. The van der Waals surface area contributed by atoms with E-state index in [1.807, 2.05) is 6.07 Å². The van der Waals surface area contributed by atoms with Gasteiger partial charge in [0.25, 0.3) is 0 Å². The maximum Gasteiger partial charge on any atom is 0.123 e. The third-order valence-electron chi connectivity index (χ3n) is 2.67. The van der Waals surface area contributed by atoms with Crippen LogP contribution in [0.5, 0.6) is 0 Å². The predicted molar refractivity (Wildman–Crippen MR) is 53.4 cm³/mol. The summed E-state index contributed by atoms with van der Waals surface area (Å²) in [6, 6.07) is 8.52. The van der Waals surface area contributed by atoms with Crippen molar-refractivity contribution < 1.29 is 9.13 Å². The van der Waals surface area contributed by atoms with E-state index in [0.29, 0.717) is 6.61 Å². The molecule has 78 valence electrons. The number of benzene rings is 1. The van der Waals surface area contributed by atoms with Gasteiger partial charge in [-0.1, -0.05) is 12.1 Å². The number of nitrogens with zero attached hydrogens (tertiary/aromatic N) is 1. The summed E-state index contributed by atoms with van der Waals surface area (Å²) < 4.78 is 18.5. The average Bonchev–Trinajstić information content (AvgIpc) is 2.29. The molecule has 3 heteroatoms. The Labute approximate surface area is 88.3 Å². The molecule has 0 radical (unpaired) electrons. The first-order chi connectivity index (χ1) is 7.31. The first-order valence-corrected chi connectivity index (χ1v) is 5.08. The highest BCUT2D eigenvalue weighted by molar-refractivity contribution is 5.21. The van der Waals surface area contributed by atoms with Gasteiger partial charge >= 0.3 is 0 Å². The standard InChI is InChI=1S/C12H12FNO/c13-11-5-1-3-9(7-11)12-10(8-14)4-2-6-15-12/h1,3,5,7,10,12H,2,4,6H2. The largest absolute Gasteiger partial charge is 0.372 e. The van der Waals surface area contributed by atoms with Crippen molar-refractivity contribution in [3.63, 3.8) is 0 Å². The summed E-state index contributed by atoms with van der Waals surface area (Å²) >= 11 is 0. The first-order valence-electron chi connectivity index (χ1n) is 5.08. The van der Waals surface area contributed by atoms with Crippen LogP contribution in [-0.2, 0) is 4.74 Å². The Kier molecular flexibility index (Phi) is 2.98. The van der Waals surface area contributed by atoms with E-state index in [2.05, 4.69) is 6.07 Å². The Morgan fingerprint density at radius 3 is 3.07 bits per heavy atom. The topological polar surface area (TPSA) is 33.0 Å². The Bertz CT molecular complexity index is 385. The molecule has 0 aliphatic carbocycles. The van der Waals surface area contributed by atoms with Crippen LogP contribution in [0.4, 0.5) is 4.39 Å². The van der Waals surface area contributed by atoms with Crippen molar-refractivity contribution in [1.82, 2.24) is 0 Å². The molecule has 1 heterocycles. The van der Waals surface area contributed by atoms with Gasteiger partial charge in [0.15, 0.2) is 0 Å². The lowest BCUT2D eigenvalue weighted by atomic mass is 9.91. The molecule has 0 amide bonds. The maximum atomic E-state index is 13.0. The molecule has 0 spiro atoms. The summed E-state index contributed by atoms with van der Waals surface area (Å²) in [7, 11) is 0. The van der Waals surface area contributed by atoms with Crippen molar-refractivity contribution in [3.05, 3.63) is 35.6 Å². The summed E-state index contributed by atoms with van der Waals surface area (Å²) in [5.41, 5.74) is 0.765. The number of rotatable bonds is 1. The zero-order valence-corrected chi connectivity index (χ0v) is 8.32. The Hall–Kier alpha value is -1.40. The lowest BCUT2D eigenvalue weighted by molar-refractivity contribution is -0.0103. The van der Waals surface area contributed by atoms with Crippen LogP contribution in [0, 0.1) is 23.1 Å². The van der Waals surface area contributed by atoms with Crippen LogP contribution < -0.4 is 0 Å². The van der Waals surface area contributed by atoms with Gasteiger partial charge in [0.1, 0.15) is 5.82 Å². The van der Waals surface area contributed by atoms with Crippen LogP contribution in [0.2, 0.25) is 0 Å². The van der Waals surface area contributed by atoms with Gasteiger partial charge in [-0.25, -0.2) is 4.39 Å². The van der Waals surface area contributed by atoms with Crippen molar-refractivity contribution >= 4 is 0 Å². The molecule has 1 aliphatic heterocycles. The normalized spacial score (nSPS) is 25.9. The molecule has 2 nitrogen and oxygen atoms in total. The van der Waals surface area contributed by atoms with E-state index in [0.717, 1.165) is 18.4 Å². The average molecular weight is 205 g/mol. The molecule has 2 rings (SSSR count). The van der Waals surface area contributed by atoms with Crippen LogP contribution in [0.3, 0.4) is 0 Å². The minimum atomic E-state index is -0.279. The zero-order valence-electron chi connectivity index (χ0n) is 8.32. The van der Waals surface area contributed by atoms with Crippen LogP contribution in [0.15, 0.2) is 24.3 Å². The minimum absolute atomic E-state index is 0.152. The molecule has 1 aliphatic rings. The van der Waals surface area contributed by atoms with E-state index < -0.39 is 0 Å². The molecule has 1 saturated heterocycles. The van der Waals surface area contributed by atoms with Crippen molar-refractivity contribution in [2.45, 2.75) is 18.9 Å². The summed E-state index contributed by atoms with van der Waals surface area (Å²) in [6.07, 6.45) is 1.47. The lowest BCUT2D eigenvalue weighted by Crippen LogP contribution is -2.21. The van der Waals surface area contributed by atoms with Crippen molar-refractivity contribution in [1.29, 1.82) is 5.26 Å². The van der Waals surface area contributed by atoms with E-state index in [9.17, 15) is 4.39 Å². The van der Waals surface area contributed by atoms with E-state index in [1.165, 1.54) is 12.1 Å². The van der Waals surface area contributed by atoms with Gasteiger partial charge < -0.3 is 4.74 Å². The number of hydrogen-bond donors (Lipinski definition) is 0. The highest BCUT2D eigenvalue weighted by Crippen LogP contribution is 2.33. The summed E-state index contributed by atoms with van der Waals surface area (Å²) in [6.45, 7) is 0.652. The molecule has 2 unspecified atom stereocenters. The van der Waals surface area contributed by atoms with Gasteiger partial charge in [0, 0.05) is 6.61 Å². The highest BCUT2D eigenvalue weighted by atomic mass is 19.1. The summed E-state index contributed by atoms with van der Waals surface area (Å²) in [5.74, 6) is -0.432. The second kappa shape index (κ2) is 4.41. The molecule has 0 N–H and O–H groups in total. The van der Waals surface area contributed by atoms with E-state index >= 15 is 0 Å². The third kappa shape index (κ3) is 2.16. The second-order valence-corrected chi connectivity index (χ2v) is 3.72. The Morgan fingerprint density at radius 1 is 1.47 bits per heavy atom. The molecule has 15 heavy (non-hydrogen) atoms. The highest BCUT2D eigenvalue weighted by Gasteiger charge is 2.27. The Morgan fingerprint density at radius 2 is 2.33 bits per heavy atom. The predicted octanol–water partition coefficient (Wildman–Crippen LogP) is 2.82. The van der Waals surface area contributed by atoms with Crippen LogP contribution in [0.25, 0.3) is 0 Å². The molecule has 0 bridgehead atoms. The lowest BCUT2D eigenvalue weighted by Gasteiger charge is -2.27. The number of ether oxygens (including phenoxy) is 1. The van der Waals surface area contributed by atoms with Gasteiger partial charge in [0.2, 0.25) is 0 Å². The fourth-order valence-electron chi connectivity index (χ4n) is 1.93. The second-order valence-electron chi connectivity index (χ2n) is 3.72. The van der Waals surface area contributed by atoms with E-state index in [-0.39, 0.29) is 17.8 Å². The van der Waals surface area contributed by atoms with E-state index in [1.54, 1.807) is 6.07 Å². The third-order valence-corrected chi connectivity index (χ3v) is 2.67.